The lowest BCUT2D eigenvalue weighted by molar-refractivity contribution is -0.125. The number of benzene rings is 1. The van der Waals surface area contributed by atoms with Gasteiger partial charge in [0.1, 0.15) is 18.2 Å². The molecule has 4 nitrogen and oxygen atoms in total. The molecule has 94 valence electrons. The molecule has 0 aliphatic rings. The van der Waals surface area contributed by atoms with Gasteiger partial charge in [-0.25, -0.2) is 4.39 Å². The quantitative estimate of drug-likeness (QED) is 0.852. The van der Waals surface area contributed by atoms with E-state index in [4.69, 9.17) is 9.47 Å². The van der Waals surface area contributed by atoms with Crippen LogP contribution in [0.2, 0.25) is 0 Å². The first-order valence-corrected chi connectivity index (χ1v) is 5.20. The Morgan fingerprint density at radius 2 is 2.18 bits per heavy atom. The van der Waals surface area contributed by atoms with Crippen LogP contribution in [-0.2, 0) is 9.53 Å². The summed E-state index contributed by atoms with van der Waals surface area (Å²) in [5.74, 6) is -0.0865. The number of halogens is 1. The molecule has 0 spiro atoms. The molecular weight excluding hydrogens is 225 g/mol. The third-order valence-corrected chi connectivity index (χ3v) is 2.31. The third kappa shape index (κ3) is 3.71. The highest BCUT2D eigenvalue weighted by Gasteiger charge is 2.14. The fourth-order valence-electron chi connectivity index (χ4n) is 1.54. The van der Waals surface area contributed by atoms with Crippen molar-refractivity contribution in [1.29, 1.82) is 0 Å². The van der Waals surface area contributed by atoms with Crippen LogP contribution in [0.1, 0.15) is 18.5 Å². The predicted octanol–water partition coefficient (Wildman–Crippen LogP) is 1.66. The summed E-state index contributed by atoms with van der Waals surface area (Å²) < 4.78 is 23.0. The largest absolute Gasteiger partial charge is 0.496 e. The van der Waals surface area contributed by atoms with E-state index in [2.05, 4.69) is 5.32 Å². The molecule has 0 heterocycles. The van der Waals surface area contributed by atoms with E-state index in [9.17, 15) is 9.18 Å². The monoisotopic (exact) mass is 241 g/mol. The van der Waals surface area contributed by atoms with Crippen molar-refractivity contribution in [2.45, 2.75) is 13.0 Å². The predicted molar refractivity (Wildman–Crippen MR) is 61.4 cm³/mol. The highest BCUT2D eigenvalue weighted by atomic mass is 19.1. The molecule has 0 saturated carbocycles. The molecule has 0 aromatic heterocycles. The van der Waals surface area contributed by atoms with E-state index in [1.165, 1.54) is 32.4 Å². The van der Waals surface area contributed by atoms with Crippen molar-refractivity contribution in [2.75, 3.05) is 20.8 Å². The van der Waals surface area contributed by atoms with Gasteiger partial charge in [0.15, 0.2) is 0 Å². The average molecular weight is 241 g/mol. The van der Waals surface area contributed by atoms with E-state index in [-0.39, 0.29) is 24.4 Å². The van der Waals surface area contributed by atoms with Crippen molar-refractivity contribution in [2.24, 2.45) is 0 Å². The molecule has 0 aliphatic heterocycles. The highest BCUT2D eigenvalue weighted by molar-refractivity contribution is 5.77. The Hall–Kier alpha value is -1.62. The maximum atomic E-state index is 13.1. The summed E-state index contributed by atoms with van der Waals surface area (Å²) in [6.45, 7) is 1.73. The molecule has 0 saturated heterocycles. The van der Waals surface area contributed by atoms with E-state index < -0.39 is 0 Å². The van der Waals surface area contributed by atoms with Crippen molar-refractivity contribution in [3.63, 3.8) is 0 Å². The number of nitrogens with one attached hydrogen (secondary N) is 1. The number of ether oxygens (including phenoxy) is 2. The molecule has 1 rings (SSSR count). The van der Waals surface area contributed by atoms with Gasteiger partial charge in [-0.1, -0.05) is 0 Å². The lowest BCUT2D eigenvalue weighted by Crippen LogP contribution is -2.30. The first-order valence-electron chi connectivity index (χ1n) is 5.20. The molecule has 1 atom stereocenters. The molecule has 1 N–H and O–H groups in total. The summed E-state index contributed by atoms with van der Waals surface area (Å²) in [6.07, 6.45) is 0. The summed E-state index contributed by atoms with van der Waals surface area (Å²) in [5.41, 5.74) is 0.594. The van der Waals surface area contributed by atoms with E-state index in [0.717, 1.165) is 0 Å². The second-order valence-electron chi connectivity index (χ2n) is 3.61. The Balaban J connectivity index is 2.83. The Kier molecular flexibility index (Phi) is 4.90. The first-order chi connectivity index (χ1) is 8.08. The smallest absolute Gasteiger partial charge is 0.246 e. The second-order valence-corrected chi connectivity index (χ2v) is 3.61. The Bertz CT molecular complexity index is 395. The molecule has 1 aromatic carbocycles. The molecule has 1 unspecified atom stereocenters. The SMILES string of the molecule is COCC(=O)NC(C)c1cc(F)ccc1OC. The normalized spacial score (nSPS) is 12.0. The van der Waals surface area contributed by atoms with Crippen molar-refractivity contribution in [3.8, 4) is 5.75 Å². The Morgan fingerprint density at radius 1 is 1.47 bits per heavy atom. The fourth-order valence-corrected chi connectivity index (χ4v) is 1.54. The molecular formula is C12H16FNO3. The van der Waals surface area contributed by atoms with Crippen LogP contribution in [0.5, 0.6) is 5.75 Å². The van der Waals surface area contributed by atoms with E-state index >= 15 is 0 Å². The van der Waals surface area contributed by atoms with Crippen molar-refractivity contribution in [3.05, 3.63) is 29.6 Å². The molecule has 0 bridgehead atoms. The number of hydrogen-bond donors (Lipinski definition) is 1. The van der Waals surface area contributed by atoms with Gasteiger partial charge >= 0.3 is 0 Å². The van der Waals surface area contributed by atoms with Crippen LogP contribution in [0.25, 0.3) is 0 Å². The number of carbonyl (C=O) groups is 1. The van der Waals surface area contributed by atoms with Crippen molar-refractivity contribution in [1.82, 2.24) is 5.32 Å². The van der Waals surface area contributed by atoms with Gasteiger partial charge in [0.2, 0.25) is 5.91 Å². The lowest BCUT2D eigenvalue weighted by atomic mass is 10.1. The molecule has 0 aliphatic carbocycles. The van der Waals surface area contributed by atoms with Crippen molar-refractivity contribution >= 4 is 5.91 Å². The zero-order chi connectivity index (χ0) is 12.8. The summed E-state index contributed by atoms with van der Waals surface area (Å²) in [5, 5.41) is 2.69. The van der Waals surface area contributed by atoms with Gasteiger partial charge in [-0.3, -0.25) is 4.79 Å². The summed E-state index contributed by atoms with van der Waals surface area (Å²) in [7, 11) is 2.94. The number of hydrogen-bond acceptors (Lipinski definition) is 3. The van der Waals surface area contributed by atoms with Gasteiger partial charge < -0.3 is 14.8 Å². The summed E-state index contributed by atoms with van der Waals surface area (Å²) >= 11 is 0. The number of carbonyl (C=O) groups excluding carboxylic acids is 1. The summed E-state index contributed by atoms with van der Waals surface area (Å²) in [6, 6.07) is 3.84. The van der Waals surface area contributed by atoms with Crippen LogP contribution < -0.4 is 10.1 Å². The van der Waals surface area contributed by atoms with E-state index in [0.29, 0.717) is 11.3 Å². The highest BCUT2D eigenvalue weighted by Crippen LogP contribution is 2.25. The molecule has 5 heteroatoms. The maximum Gasteiger partial charge on any atom is 0.246 e. The van der Waals surface area contributed by atoms with Crippen LogP contribution in [0.15, 0.2) is 18.2 Å². The van der Waals surface area contributed by atoms with Gasteiger partial charge in [0, 0.05) is 12.7 Å². The second kappa shape index (κ2) is 6.20. The molecule has 1 aromatic rings. The lowest BCUT2D eigenvalue weighted by Gasteiger charge is -2.17. The van der Waals surface area contributed by atoms with Crippen LogP contribution in [0.4, 0.5) is 4.39 Å². The van der Waals surface area contributed by atoms with Gasteiger partial charge in [-0.05, 0) is 25.1 Å². The molecule has 17 heavy (non-hydrogen) atoms. The zero-order valence-electron chi connectivity index (χ0n) is 10.1. The van der Waals surface area contributed by atoms with Crippen LogP contribution >= 0.6 is 0 Å². The minimum Gasteiger partial charge on any atom is -0.496 e. The molecule has 0 fully saturated rings. The first kappa shape index (κ1) is 13.4. The Labute approximate surface area is 99.7 Å². The molecule has 0 radical (unpaired) electrons. The van der Waals surface area contributed by atoms with E-state index in [1.807, 2.05) is 0 Å². The minimum atomic E-state index is -0.367. The molecule has 1 amide bonds. The zero-order valence-corrected chi connectivity index (χ0v) is 10.1. The topological polar surface area (TPSA) is 47.6 Å². The maximum absolute atomic E-state index is 13.1. The number of rotatable bonds is 5. The van der Waals surface area contributed by atoms with Gasteiger partial charge in [-0.15, -0.1) is 0 Å². The Morgan fingerprint density at radius 3 is 2.76 bits per heavy atom. The third-order valence-electron chi connectivity index (χ3n) is 2.31. The van der Waals surface area contributed by atoms with Crippen LogP contribution in [-0.4, -0.2) is 26.7 Å². The van der Waals surface area contributed by atoms with Gasteiger partial charge in [0.25, 0.3) is 0 Å². The van der Waals surface area contributed by atoms with Gasteiger partial charge in [-0.2, -0.15) is 0 Å². The fraction of sp³-hybridized carbons (Fsp3) is 0.417. The van der Waals surface area contributed by atoms with E-state index in [1.54, 1.807) is 6.92 Å². The van der Waals surface area contributed by atoms with Crippen LogP contribution in [0.3, 0.4) is 0 Å². The number of methoxy groups -OCH3 is 2. The van der Waals surface area contributed by atoms with Crippen molar-refractivity contribution < 1.29 is 18.7 Å². The van der Waals surface area contributed by atoms with Crippen LogP contribution in [0, 0.1) is 5.82 Å². The average Bonchev–Trinajstić information content (AvgIpc) is 2.29. The number of amides is 1. The minimum absolute atomic E-state index is 0.0258. The standard InChI is InChI=1S/C12H16FNO3/c1-8(14-12(15)7-16-2)10-6-9(13)4-5-11(10)17-3/h4-6,8H,7H2,1-3H3,(H,14,15). The van der Waals surface area contributed by atoms with Gasteiger partial charge in [0.05, 0.1) is 13.2 Å². The summed E-state index contributed by atoms with van der Waals surface area (Å²) in [4.78, 5) is 11.3.